The van der Waals surface area contributed by atoms with Crippen LogP contribution in [-0.2, 0) is 10.9 Å². The molecule has 6 heteroatoms. The van der Waals surface area contributed by atoms with Gasteiger partial charge in [0.15, 0.2) is 0 Å². The standard InChI is InChI=1S/C21H19F3N2O/c22-21(23,24)17-4-2-1-3-16(17)15-6-7-18-19(13-15)26-20(25-18)8-5-14-9-11-27-12-10-14/h1-8,13-14H,9-12H2,(H,25,26). The number of allylic oxidation sites excluding steroid dienone is 1. The molecular weight excluding hydrogens is 353 g/mol. The van der Waals surface area contributed by atoms with Gasteiger partial charge in [-0.05, 0) is 54.2 Å². The Labute approximate surface area is 154 Å². The van der Waals surface area contributed by atoms with Crippen molar-refractivity contribution in [3.8, 4) is 11.1 Å². The minimum absolute atomic E-state index is 0.161. The fraction of sp³-hybridized carbons (Fsp3) is 0.286. The van der Waals surface area contributed by atoms with Crippen LogP contribution in [0.4, 0.5) is 13.2 Å². The van der Waals surface area contributed by atoms with Crippen LogP contribution in [0.2, 0.25) is 0 Å². The Morgan fingerprint density at radius 3 is 2.63 bits per heavy atom. The fourth-order valence-electron chi connectivity index (χ4n) is 3.39. The number of rotatable bonds is 3. The zero-order valence-corrected chi connectivity index (χ0v) is 14.6. The predicted molar refractivity (Wildman–Crippen MR) is 99.1 cm³/mol. The van der Waals surface area contributed by atoms with Gasteiger partial charge in [0, 0.05) is 13.2 Å². The highest BCUT2D eigenvalue weighted by Gasteiger charge is 2.33. The van der Waals surface area contributed by atoms with Crippen molar-refractivity contribution >= 4 is 17.1 Å². The Kier molecular flexibility index (Phi) is 4.74. The molecule has 1 fully saturated rings. The van der Waals surface area contributed by atoms with E-state index in [1.54, 1.807) is 24.3 Å². The average molecular weight is 372 g/mol. The van der Waals surface area contributed by atoms with Gasteiger partial charge in [-0.15, -0.1) is 0 Å². The fourth-order valence-corrected chi connectivity index (χ4v) is 3.39. The molecule has 27 heavy (non-hydrogen) atoms. The maximum Gasteiger partial charge on any atom is 0.417 e. The first-order valence-corrected chi connectivity index (χ1v) is 8.93. The smallest absolute Gasteiger partial charge is 0.381 e. The minimum atomic E-state index is -4.39. The van der Waals surface area contributed by atoms with E-state index in [4.69, 9.17) is 4.74 Å². The normalized spacial score (nSPS) is 16.4. The molecule has 0 amide bonds. The Morgan fingerprint density at radius 1 is 1.07 bits per heavy atom. The number of aromatic nitrogens is 2. The van der Waals surface area contributed by atoms with E-state index in [0.29, 0.717) is 22.8 Å². The summed E-state index contributed by atoms with van der Waals surface area (Å²) in [7, 11) is 0. The lowest BCUT2D eigenvalue weighted by Gasteiger charge is -2.18. The second kappa shape index (κ2) is 7.19. The second-order valence-electron chi connectivity index (χ2n) is 6.71. The molecule has 0 unspecified atom stereocenters. The summed E-state index contributed by atoms with van der Waals surface area (Å²) in [6.45, 7) is 1.55. The SMILES string of the molecule is FC(F)(F)c1ccccc1-c1ccc2[nH]c(C=CC3CCOCC3)nc2c1. The van der Waals surface area contributed by atoms with Gasteiger partial charge in [0.1, 0.15) is 5.82 Å². The van der Waals surface area contributed by atoms with Crippen molar-refractivity contribution < 1.29 is 17.9 Å². The van der Waals surface area contributed by atoms with Gasteiger partial charge in [-0.2, -0.15) is 13.2 Å². The topological polar surface area (TPSA) is 37.9 Å². The first-order valence-electron chi connectivity index (χ1n) is 8.93. The zero-order valence-electron chi connectivity index (χ0n) is 14.6. The zero-order chi connectivity index (χ0) is 18.9. The predicted octanol–water partition coefficient (Wildman–Crippen LogP) is 5.69. The molecule has 1 N–H and O–H groups in total. The van der Waals surface area contributed by atoms with Crippen molar-refractivity contribution in [3.05, 3.63) is 59.9 Å². The van der Waals surface area contributed by atoms with E-state index in [-0.39, 0.29) is 5.56 Å². The first-order chi connectivity index (χ1) is 13.0. The molecule has 3 aromatic rings. The molecule has 0 atom stereocenters. The molecule has 2 aromatic carbocycles. The molecule has 2 heterocycles. The highest BCUT2D eigenvalue weighted by atomic mass is 19.4. The van der Waals surface area contributed by atoms with Crippen LogP contribution in [0, 0.1) is 5.92 Å². The molecule has 1 aliphatic rings. The third-order valence-corrected chi connectivity index (χ3v) is 4.84. The van der Waals surface area contributed by atoms with Gasteiger partial charge in [0.2, 0.25) is 0 Å². The second-order valence-corrected chi connectivity index (χ2v) is 6.71. The van der Waals surface area contributed by atoms with Crippen molar-refractivity contribution in [2.75, 3.05) is 13.2 Å². The number of imidazole rings is 1. The maximum atomic E-state index is 13.3. The van der Waals surface area contributed by atoms with Crippen LogP contribution >= 0.6 is 0 Å². The number of hydrogen-bond acceptors (Lipinski definition) is 2. The van der Waals surface area contributed by atoms with Crippen molar-refractivity contribution in [2.24, 2.45) is 5.92 Å². The molecule has 0 spiro atoms. The Balaban J connectivity index is 1.65. The molecule has 1 saturated heterocycles. The summed E-state index contributed by atoms with van der Waals surface area (Å²) in [4.78, 5) is 7.73. The van der Waals surface area contributed by atoms with E-state index in [9.17, 15) is 13.2 Å². The molecule has 3 nitrogen and oxygen atoms in total. The number of ether oxygens (including phenoxy) is 1. The van der Waals surface area contributed by atoms with Crippen molar-refractivity contribution in [1.29, 1.82) is 0 Å². The number of aromatic amines is 1. The highest BCUT2D eigenvalue weighted by Crippen LogP contribution is 2.37. The summed E-state index contributed by atoms with van der Waals surface area (Å²) in [5.74, 6) is 1.18. The van der Waals surface area contributed by atoms with Crippen molar-refractivity contribution in [2.45, 2.75) is 19.0 Å². The van der Waals surface area contributed by atoms with Gasteiger partial charge in [0.05, 0.1) is 16.6 Å². The van der Waals surface area contributed by atoms with E-state index in [2.05, 4.69) is 16.0 Å². The molecule has 1 aliphatic heterocycles. The van der Waals surface area contributed by atoms with E-state index in [1.807, 2.05) is 6.08 Å². The van der Waals surface area contributed by atoms with E-state index in [1.165, 1.54) is 12.1 Å². The third kappa shape index (κ3) is 3.90. The van der Waals surface area contributed by atoms with E-state index in [0.717, 1.165) is 37.6 Å². The van der Waals surface area contributed by atoms with Gasteiger partial charge in [-0.3, -0.25) is 0 Å². The Bertz CT molecular complexity index is 969. The molecule has 0 radical (unpaired) electrons. The summed E-state index contributed by atoms with van der Waals surface area (Å²) in [6, 6.07) is 10.8. The van der Waals surface area contributed by atoms with Crippen LogP contribution in [0.5, 0.6) is 0 Å². The van der Waals surface area contributed by atoms with Crippen LogP contribution in [0.25, 0.3) is 28.2 Å². The number of H-pyrrole nitrogens is 1. The summed E-state index contributed by atoms with van der Waals surface area (Å²) in [6.07, 6.45) is 1.67. The molecule has 0 aliphatic carbocycles. The number of benzene rings is 2. The van der Waals surface area contributed by atoms with E-state index >= 15 is 0 Å². The molecule has 4 rings (SSSR count). The Morgan fingerprint density at radius 2 is 1.85 bits per heavy atom. The van der Waals surface area contributed by atoms with Gasteiger partial charge in [-0.1, -0.05) is 30.3 Å². The van der Waals surface area contributed by atoms with Gasteiger partial charge in [0.25, 0.3) is 0 Å². The lowest BCUT2D eigenvalue weighted by Crippen LogP contribution is -2.13. The number of hydrogen-bond donors (Lipinski definition) is 1. The van der Waals surface area contributed by atoms with Crippen LogP contribution in [0.1, 0.15) is 24.2 Å². The van der Waals surface area contributed by atoms with Gasteiger partial charge >= 0.3 is 6.18 Å². The molecule has 1 aromatic heterocycles. The number of alkyl halides is 3. The summed E-state index contributed by atoms with van der Waals surface area (Å²) < 4.78 is 45.2. The molecule has 0 bridgehead atoms. The summed E-state index contributed by atoms with van der Waals surface area (Å²) in [5.41, 5.74) is 1.47. The number of nitrogens with one attached hydrogen (secondary N) is 1. The lowest BCUT2D eigenvalue weighted by molar-refractivity contribution is -0.137. The number of fused-ring (bicyclic) bond motifs is 1. The van der Waals surface area contributed by atoms with Crippen molar-refractivity contribution in [3.63, 3.8) is 0 Å². The highest BCUT2D eigenvalue weighted by molar-refractivity contribution is 5.83. The first kappa shape index (κ1) is 17.8. The average Bonchev–Trinajstić information content (AvgIpc) is 3.08. The molecule has 140 valence electrons. The summed E-state index contributed by atoms with van der Waals surface area (Å²) >= 11 is 0. The number of nitrogens with zero attached hydrogens (tertiary/aromatic N) is 1. The van der Waals surface area contributed by atoms with Crippen LogP contribution < -0.4 is 0 Å². The Hall–Kier alpha value is -2.60. The molecule has 0 saturated carbocycles. The summed E-state index contributed by atoms with van der Waals surface area (Å²) in [5, 5.41) is 0. The van der Waals surface area contributed by atoms with Gasteiger partial charge in [-0.25, -0.2) is 4.98 Å². The monoisotopic (exact) mass is 372 g/mol. The quantitative estimate of drug-likeness (QED) is 0.641. The number of halogens is 3. The largest absolute Gasteiger partial charge is 0.417 e. The van der Waals surface area contributed by atoms with E-state index < -0.39 is 11.7 Å². The minimum Gasteiger partial charge on any atom is -0.381 e. The van der Waals surface area contributed by atoms with Crippen LogP contribution in [0.15, 0.2) is 48.5 Å². The van der Waals surface area contributed by atoms with Crippen LogP contribution in [0.3, 0.4) is 0 Å². The van der Waals surface area contributed by atoms with Crippen LogP contribution in [-0.4, -0.2) is 23.2 Å². The lowest BCUT2D eigenvalue weighted by atomic mass is 9.99. The van der Waals surface area contributed by atoms with Gasteiger partial charge < -0.3 is 9.72 Å². The molecular formula is C21H19F3N2O. The maximum absolute atomic E-state index is 13.3. The van der Waals surface area contributed by atoms with Crippen molar-refractivity contribution in [1.82, 2.24) is 9.97 Å². The third-order valence-electron chi connectivity index (χ3n) is 4.84.